The van der Waals surface area contributed by atoms with Crippen molar-refractivity contribution >= 4 is 5.57 Å². The first kappa shape index (κ1) is 12.4. The lowest BCUT2D eigenvalue weighted by molar-refractivity contribution is 0.620. The average Bonchev–Trinajstić information content (AvgIpc) is 2.26. The van der Waals surface area contributed by atoms with Gasteiger partial charge in [-0.15, -0.1) is 0 Å². The molecule has 16 heavy (non-hydrogen) atoms. The van der Waals surface area contributed by atoms with Crippen LogP contribution >= 0.6 is 0 Å². The highest BCUT2D eigenvalue weighted by Gasteiger charge is 2.07. The molecular weight excluding hydrogens is 199 g/mol. The lowest BCUT2D eigenvalue weighted by Gasteiger charge is -2.09. The van der Waals surface area contributed by atoms with E-state index in [4.69, 9.17) is 0 Å². The van der Waals surface area contributed by atoms with Crippen LogP contribution in [0.25, 0.3) is 5.57 Å². The van der Waals surface area contributed by atoms with E-state index in [-0.39, 0.29) is 5.82 Å². The summed E-state index contributed by atoms with van der Waals surface area (Å²) in [7, 11) is 0. The molecule has 0 bridgehead atoms. The molecule has 0 aliphatic carbocycles. The number of allylic oxidation sites excluding steroid dienone is 4. The zero-order valence-electron chi connectivity index (χ0n) is 9.83. The number of halogens is 1. The van der Waals surface area contributed by atoms with Crippen LogP contribution in [0, 0.1) is 5.82 Å². The second-order valence-corrected chi connectivity index (χ2v) is 3.96. The third kappa shape index (κ3) is 2.69. The number of benzene rings is 1. The second-order valence-electron chi connectivity index (χ2n) is 3.96. The van der Waals surface area contributed by atoms with Gasteiger partial charge < -0.3 is 0 Å². The molecule has 0 atom stereocenters. The standard InChI is InChI=1S/C15H17F/c1-5-7-12(6-2)14-9-8-13(11(3)4)10-15(14)16/h5-11H,1-2H2,3-4H3/b12-7+. The van der Waals surface area contributed by atoms with Gasteiger partial charge in [-0.25, -0.2) is 4.39 Å². The van der Waals surface area contributed by atoms with E-state index in [1.165, 1.54) is 0 Å². The summed E-state index contributed by atoms with van der Waals surface area (Å²) in [4.78, 5) is 0. The van der Waals surface area contributed by atoms with Crippen LogP contribution in [0.4, 0.5) is 4.39 Å². The van der Waals surface area contributed by atoms with Gasteiger partial charge in [0.25, 0.3) is 0 Å². The van der Waals surface area contributed by atoms with Crippen LogP contribution in [0.3, 0.4) is 0 Å². The molecular formula is C15H17F. The molecule has 1 heteroatoms. The highest BCUT2D eigenvalue weighted by molar-refractivity contribution is 5.75. The Morgan fingerprint density at radius 3 is 2.44 bits per heavy atom. The summed E-state index contributed by atoms with van der Waals surface area (Å²) in [5, 5.41) is 0. The van der Waals surface area contributed by atoms with Crippen LogP contribution in [0.1, 0.15) is 30.9 Å². The third-order valence-electron chi connectivity index (χ3n) is 2.49. The maximum atomic E-state index is 13.8. The maximum Gasteiger partial charge on any atom is 0.131 e. The smallest absolute Gasteiger partial charge is 0.131 e. The van der Waals surface area contributed by atoms with E-state index in [1.807, 2.05) is 19.9 Å². The molecule has 0 aliphatic rings. The number of hydrogen-bond acceptors (Lipinski definition) is 0. The summed E-state index contributed by atoms with van der Waals surface area (Å²) in [6, 6.07) is 5.33. The van der Waals surface area contributed by atoms with Gasteiger partial charge in [0, 0.05) is 5.56 Å². The van der Waals surface area contributed by atoms with Gasteiger partial charge in [-0.1, -0.05) is 57.4 Å². The van der Waals surface area contributed by atoms with Crippen LogP contribution in [0.5, 0.6) is 0 Å². The molecule has 0 unspecified atom stereocenters. The molecule has 0 spiro atoms. The summed E-state index contributed by atoms with van der Waals surface area (Å²) in [6.45, 7) is 11.4. The summed E-state index contributed by atoms with van der Waals surface area (Å²) >= 11 is 0. The van der Waals surface area contributed by atoms with E-state index in [0.717, 1.165) is 11.1 Å². The van der Waals surface area contributed by atoms with Crippen molar-refractivity contribution in [2.24, 2.45) is 0 Å². The Morgan fingerprint density at radius 1 is 1.31 bits per heavy atom. The van der Waals surface area contributed by atoms with E-state index in [1.54, 1.807) is 30.4 Å². The fourth-order valence-electron chi connectivity index (χ4n) is 1.52. The van der Waals surface area contributed by atoms with E-state index in [9.17, 15) is 4.39 Å². The van der Waals surface area contributed by atoms with Crippen LogP contribution in [-0.4, -0.2) is 0 Å². The van der Waals surface area contributed by atoms with Crippen molar-refractivity contribution in [2.75, 3.05) is 0 Å². The van der Waals surface area contributed by atoms with Crippen molar-refractivity contribution < 1.29 is 4.39 Å². The zero-order valence-corrected chi connectivity index (χ0v) is 9.83. The summed E-state index contributed by atoms with van der Waals surface area (Å²) in [5.74, 6) is 0.123. The predicted octanol–water partition coefficient (Wildman–Crippen LogP) is 4.70. The molecule has 0 aliphatic heterocycles. The van der Waals surface area contributed by atoms with Crippen LogP contribution in [0.2, 0.25) is 0 Å². The topological polar surface area (TPSA) is 0 Å². The first-order chi connectivity index (χ1) is 7.60. The van der Waals surface area contributed by atoms with Crippen LogP contribution in [-0.2, 0) is 0 Å². The third-order valence-corrected chi connectivity index (χ3v) is 2.49. The highest BCUT2D eigenvalue weighted by atomic mass is 19.1. The first-order valence-electron chi connectivity index (χ1n) is 5.35. The minimum atomic E-state index is -0.209. The Morgan fingerprint density at radius 2 is 2.00 bits per heavy atom. The molecule has 0 fully saturated rings. The SMILES string of the molecule is C=C/C=C(\C=C)c1ccc(C(C)C)cc1F. The molecule has 0 N–H and O–H groups in total. The highest BCUT2D eigenvalue weighted by Crippen LogP contribution is 2.23. The van der Waals surface area contributed by atoms with Gasteiger partial charge in [0.15, 0.2) is 0 Å². The van der Waals surface area contributed by atoms with Crippen LogP contribution < -0.4 is 0 Å². The van der Waals surface area contributed by atoms with E-state index in [2.05, 4.69) is 13.2 Å². The molecule has 0 amide bonds. The summed E-state index contributed by atoms with van der Waals surface area (Å²) in [5.41, 5.74) is 2.32. The monoisotopic (exact) mass is 216 g/mol. The zero-order chi connectivity index (χ0) is 12.1. The van der Waals surface area contributed by atoms with Crippen molar-refractivity contribution in [2.45, 2.75) is 19.8 Å². The number of rotatable bonds is 4. The molecule has 0 saturated heterocycles. The summed E-state index contributed by atoms with van der Waals surface area (Å²) < 4.78 is 13.8. The molecule has 84 valence electrons. The fourth-order valence-corrected chi connectivity index (χ4v) is 1.52. The van der Waals surface area contributed by atoms with Crippen molar-refractivity contribution in [3.8, 4) is 0 Å². The van der Waals surface area contributed by atoms with Crippen molar-refractivity contribution in [1.29, 1.82) is 0 Å². The molecule has 0 aromatic heterocycles. The normalized spacial score (nSPS) is 11.6. The average molecular weight is 216 g/mol. The molecule has 0 heterocycles. The Balaban J connectivity index is 3.21. The van der Waals surface area contributed by atoms with E-state index < -0.39 is 0 Å². The Labute approximate surface area is 96.8 Å². The van der Waals surface area contributed by atoms with Gasteiger partial charge in [0.05, 0.1) is 0 Å². The Kier molecular flexibility index (Phi) is 4.24. The molecule has 0 radical (unpaired) electrons. The Hall–Kier alpha value is -1.63. The minimum absolute atomic E-state index is 0.209. The number of hydrogen-bond donors (Lipinski definition) is 0. The van der Waals surface area contributed by atoms with E-state index >= 15 is 0 Å². The largest absolute Gasteiger partial charge is 0.206 e. The van der Waals surface area contributed by atoms with Gasteiger partial charge in [-0.3, -0.25) is 0 Å². The lowest BCUT2D eigenvalue weighted by atomic mass is 9.98. The predicted molar refractivity (Wildman–Crippen MR) is 68.9 cm³/mol. The molecule has 1 rings (SSSR count). The molecule has 0 nitrogen and oxygen atoms in total. The van der Waals surface area contributed by atoms with Crippen molar-refractivity contribution in [3.63, 3.8) is 0 Å². The van der Waals surface area contributed by atoms with Gasteiger partial charge in [-0.05, 0) is 23.1 Å². The fraction of sp³-hybridized carbons (Fsp3) is 0.200. The molecule has 0 saturated carbocycles. The van der Waals surface area contributed by atoms with Gasteiger partial charge in [-0.2, -0.15) is 0 Å². The lowest BCUT2D eigenvalue weighted by Crippen LogP contribution is -1.93. The minimum Gasteiger partial charge on any atom is -0.206 e. The van der Waals surface area contributed by atoms with Gasteiger partial charge in [0.1, 0.15) is 5.82 Å². The van der Waals surface area contributed by atoms with Crippen LogP contribution in [0.15, 0.2) is 49.6 Å². The second kappa shape index (κ2) is 5.45. The first-order valence-corrected chi connectivity index (χ1v) is 5.35. The Bertz CT molecular complexity index is 425. The van der Waals surface area contributed by atoms with Crippen molar-refractivity contribution in [3.05, 3.63) is 66.5 Å². The molecule has 1 aromatic carbocycles. The maximum absolute atomic E-state index is 13.8. The summed E-state index contributed by atoms with van der Waals surface area (Å²) in [6.07, 6.45) is 5.02. The van der Waals surface area contributed by atoms with Gasteiger partial charge in [0.2, 0.25) is 0 Å². The quantitative estimate of drug-likeness (QED) is 0.640. The van der Waals surface area contributed by atoms with Crippen molar-refractivity contribution in [1.82, 2.24) is 0 Å². The molecule has 1 aromatic rings. The van der Waals surface area contributed by atoms with E-state index in [0.29, 0.717) is 11.5 Å². The van der Waals surface area contributed by atoms with Gasteiger partial charge >= 0.3 is 0 Å².